The van der Waals surface area contributed by atoms with Gasteiger partial charge in [-0.15, -0.1) is 0 Å². The third kappa shape index (κ3) is 2.68. The maximum absolute atomic E-state index is 12.4. The number of carbonyl (C=O) groups is 1. The van der Waals surface area contributed by atoms with Gasteiger partial charge in [0.05, 0.1) is 0 Å². The van der Waals surface area contributed by atoms with Crippen molar-refractivity contribution in [2.75, 3.05) is 13.6 Å². The summed E-state index contributed by atoms with van der Waals surface area (Å²) in [6, 6.07) is 5.54. The molecule has 0 saturated heterocycles. The first kappa shape index (κ1) is 13.4. The lowest BCUT2D eigenvalue weighted by Gasteiger charge is -2.27. The Morgan fingerprint density at radius 2 is 2.22 bits per heavy atom. The predicted octanol–water partition coefficient (Wildman–Crippen LogP) is 2.46. The van der Waals surface area contributed by atoms with Gasteiger partial charge in [-0.1, -0.05) is 11.6 Å². The van der Waals surface area contributed by atoms with Gasteiger partial charge in [0.25, 0.3) is 5.91 Å². The first-order chi connectivity index (χ1) is 8.54. The Labute approximate surface area is 113 Å². The summed E-state index contributed by atoms with van der Waals surface area (Å²) in [6.45, 7) is 2.43. The van der Waals surface area contributed by atoms with Crippen molar-refractivity contribution in [1.82, 2.24) is 4.90 Å². The zero-order valence-corrected chi connectivity index (χ0v) is 11.6. The van der Waals surface area contributed by atoms with Crippen LogP contribution in [0.15, 0.2) is 18.2 Å². The molecule has 1 aliphatic rings. The van der Waals surface area contributed by atoms with E-state index in [1.165, 1.54) is 12.8 Å². The molecule has 18 heavy (non-hydrogen) atoms. The molecule has 0 heterocycles. The number of aryl methyl sites for hydroxylation is 1. The monoisotopic (exact) mass is 266 g/mol. The Bertz CT molecular complexity index is 457. The molecule has 2 N–H and O–H groups in total. The summed E-state index contributed by atoms with van der Waals surface area (Å²) in [5, 5.41) is 0.687. The van der Waals surface area contributed by atoms with Crippen molar-refractivity contribution < 1.29 is 4.79 Å². The van der Waals surface area contributed by atoms with Gasteiger partial charge >= 0.3 is 0 Å². The van der Waals surface area contributed by atoms with Crippen LogP contribution in [-0.2, 0) is 0 Å². The number of rotatable bonds is 4. The van der Waals surface area contributed by atoms with Crippen molar-refractivity contribution in [3.8, 4) is 0 Å². The normalized spacial score (nSPS) is 16.4. The number of halogens is 1. The fourth-order valence-corrected chi connectivity index (χ4v) is 2.40. The molecule has 1 aromatic carbocycles. The molecule has 4 heteroatoms. The van der Waals surface area contributed by atoms with Crippen molar-refractivity contribution in [1.29, 1.82) is 0 Å². The van der Waals surface area contributed by atoms with Crippen molar-refractivity contribution in [2.24, 2.45) is 11.7 Å². The molecule has 0 aromatic heterocycles. The van der Waals surface area contributed by atoms with Crippen LogP contribution in [0.3, 0.4) is 0 Å². The zero-order chi connectivity index (χ0) is 13.3. The predicted molar refractivity (Wildman–Crippen MR) is 73.8 cm³/mol. The molecule has 1 atom stereocenters. The lowest BCUT2D eigenvalue weighted by molar-refractivity contribution is 0.0718. The van der Waals surface area contributed by atoms with E-state index in [9.17, 15) is 4.79 Å². The lowest BCUT2D eigenvalue weighted by atomic mass is 10.1. The number of hydrogen-bond donors (Lipinski definition) is 1. The van der Waals surface area contributed by atoms with Gasteiger partial charge < -0.3 is 10.6 Å². The maximum Gasteiger partial charge on any atom is 0.253 e. The van der Waals surface area contributed by atoms with E-state index >= 15 is 0 Å². The molecule has 98 valence electrons. The van der Waals surface area contributed by atoms with E-state index in [1.54, 1.807) is 17.0 Å². The van der Waals surface area contributed by atoms with Crippen molar-refractivity contribution >= 4 is 17.5 Å². The van der Waals surface area contributed by atoms with Crippen molar-refractivity contribution in [2.45, 2.75) is 25.8 Å². The fraction of sp³-hybridized carbons (Fsp3) is 0.500. The second kappa shape index (κ2) is 5.29. The van der Waals surface area contributed by atoms with Gasteiger partial charge in [0.2, 0.25) is 0 Å². The number of carbonyl (C=O) groups excluding carboxylic acids is 1. The lowest BCUT2D eigenvalue weighted by Crippen LogP contribution is -2.43. The summed E-state index contributed by atoms with van der Waals surface area (Å²) >= 11 is 5.97. The second-order valence-corrected chi connectivity index (χ2v) is 5.43. The molecule has 0 radical (unpaired) electrons. The number of benzene rings is 1. The van der Waals surface area contributed by atoms with Gasteiger partial charge in [0, 0.05) is 30.2 Å². The highest BCUT2D eigenvalue weighted by Crippen LogP contribution is 2.35. The number of nitrogens with two attached hydrogens (primary N) is 1. The summed E-state index contributed by atoms with van der Waals surface area (Å²) < 4.78 is 0. The van der Waals surface area contributed by atoms with Crippen LogP contribution in [0.25, 0.3) is 0 Å². The Hall–Kier alpha value is -1.06. The first-order valence-electron chi connectivity index (χ1n) is 6.28. The van der Waals surface area contributed by atoms with Crippen LogP contribution in [0, 0.1) is 12.8 Å². The van der Waals surface area contributed by atoms with Crippen molar-refractivity contribution in [3.63, 3.8) is 0 Å². The minimum atomic E-state index is 0.0251. The maximum atomic E-state index is 12.4. The van der Waals surface area contributed by atoms with E-state index < -0.39 is 0 Å². The van der Waals surface area contributed by atoms with E-state index in [0.29, 0.717) is 23.0 Å². The van der Waals surface area contributed by atoms with Gasteiger partial charge in [-0.3, -0.25) is 4.79 Å². The van der Waals surface area contributed by atoms with Crippen LogP contribution in [-0.4, -0.2) is 30.4 Å². The average Bonchev–Trinajstić information content (AvgIpc) is 3.17. The third-order valence-electron chi connectivity index (χ3n) is 3.63. The largest absolute Gasteiger partial charge is 0.337 e. The minimum Gasteiger partial charge on any atom is -0.337 e. The molecule has 1 saturated carbocycles. The van der Waals surface area contributed by atoms with E-state index in [2.05, 4.69) is 0 Å². The molecule has 1 amide bonds. The Balaban J connectivity index is 2.16. The topological polar surface area (TPSA) is 46.3 Å². The molecule has 2 rings (SSSR count). The zero-order valence-electron chi connectivity index (χ0n) is 10.8. The van der Waals surface area contributed by atoms with E-state index in [1.807, 2.05) is 20.0 Å². The summed E-state index contributed by atoms with van der Waals surface area (Å²) in [5.41, 5.74) is 7.37. The van der Waals surface area contributed by atoms with Crippen LogP contribution in [0.4, 0.5) is 0 Å². The summed E-state index contributed by atoms with van der Waals surface area (Å²) in [4.78, 5) is 14.1. The molecule has 0 aliphatic heterocycles. The van der Waals surface area contributed by atoms with E-state index in [4.69, 9.17) is 17.3 Å². The SMILES string of the molecule is Cc1cc(C(=O)N(C)C(CN)C2CC2)ccc1Cl. The summed E-state index contributed by atoms with van der Waals surface area (Å²) in [7, 11) is 1.84. The third-order valence-corrected chi connectivity index (χ3v) is 4.05. The van der Waals surface area contributed by atoms with Gasteiger partial charge in [-0.2, -0.15) is 0 Å². The van der Waals surface area contributed by atoms with Crippen LogP contribution in [0.1, 0.15) is 28.8 Å². The van der Waals surface area contributed by atoms with Gasteiger partial charge in [-0.25, -0.2) is 0 Å². The second-order valence-electron chi connectivity index (χ2n) is 5.02. The fourth-order valence-electron chi connectivity index (χ4n) is 2.28. The van der Waals surface area contributed by atoms with Crippen LogP contribution in [0.5, 0.6) is 0 Å². The van der Waals surface area contributed by atoms with Crippen LogP contribution >= 0.6 is 11.6 Å². The van der Waals surface area contributed by atoms with E-state index in [0.717, 1.165) is 5.56 Å². The average molecular weight is 267 g/mol. The molecule has 0 spiro atoms. The summed E-state index contributed by atoms with van der Waals surface area (Å²) in [5.74, 6) is 0.606. The Morgan fingerprint density at radius 1 is 1.56 bits per heavy atom. The molecular formula is C14H19ClN2O. The van der Waals surface area contributed by atoms with Crippen molar-refractivity contribution in [3.05, 3.63) is 34.3 Å². The Kier molecular flexibility index (Phi) is 3.93. The molecule has 1 aromatic rings. The molecule has 3 nitrogen and oxygen atoms in total. The minimum absolute atomic E-state index is 0.0251. The van der Waals surface area contributed by atoms with Gasteiger partial charge in [0.1, 0.15) is 0 Å². The molecule has 1 unspecified atom stereocenters. The van der Waals surface area contributed by atoms with Gasteiger partial charge in [0.15, 0.2) is 0 Å². The van der Waals surface area contributed by atoms with Crippen LogP contribution < -0.4 is 5.73 Å². The molecular weight excluding hydrogens is 248 g/mol. The molecule has 0 bridgehead atoms. The highest BCUT2D eigenvalue weighted by atomic mass is 35.5. The highest BCUT2D eigenvalue weighted by Gasteiger charge is 2.35. The molecule has 1 aliphatic carbocycles. The quantitative estimate of drug-likeness (QED) is 0.910. The Morgan fingerprint density at radius 3 is 2.72 bits per heavy atom. The highest BCUT2D eigenvalue weighted by molar-refractivity contribution is 6.31. The standard InChI is InChI=1S/C14H19ClN2O/c1-9-7-11(5-6-12(9)15)14(18)17(2)13(8-16)10-3-4-10/h5-7,10,13H,3-4,8,16H2,1-2H3. The number of amides is 1. The van der Waals surface area contributed by atoms with Gasteiger partial charge in [-0.05, 0) is 49.4 Å². The smallest absolute Gasteiger partial charge is 0.253 e. The number of likely N-dealkylation sites (N-methyl/N-ethyl adjacent to an activating group) is 1. The van der Waals surface area contributed by atoms with Crippen LogP contribution in [0.2, 0.25) is 5.02 Å². The first-order valence-corrected chi connectivity index (χ1v) is 6.65. The molecule has 1 fully saturated rings. The van der Waals surface area contributed by atoms with E-state index in [-0.39, 0.29) is 11.9 Å². The number of hydrogen-bond acceptors (Lipinski definition) is 2. The summed E-state index contributed by atoms with van der Waals surface area (Å²) in [6.07, 6.45) is 2.36. The number of nitrogens with zero attached hydrogens (tertiary/aromatic N) is 1.